The highest BCUT2D eigenvalue weighted by atomic mass is 16.5. The van der Waals surface area contributed by atoms with Gasteiger partial charge in [0.1, 0.15) is 0 Å². The van der Waals surface area contributed by atoms with Gasteiger partial charge in [-0.1, -0.05) is 30.6 Å². The molecule has 0 fully saturated rings. The normalized spacial score (nSPS) is 14.6. The van der Waals surface area contributed by atoms with Crippen molar-refractivity contribution >= 4 is 5.97 Å². The average molecular weight is 341 g/mol. The summed E-state index contributed by atoms with van der Waals surface area (Å²) in [4.78, 5) is 11.1. The van der Waals surface area contributed by atoms with Gasteiger partial charge in [-0.25, -0.2) is 4.79 Å². The third-order valence-electron chi connectivity index (χ3n) is 4.18. The zero-order valence-electron chi connectivity index (χ0n) is 16.4. The van der Waals surface area contributed by atoms with Gasteiger partial charge in [0.05, 0.1) is 18.8 Å². The number of methoxy groups -OCH3 is 1. The summed E-state index contributed by atoms with van der Waals surface area (Å²) in [6.45, 7) is 10.7. The van der Waals surface area contributed by atoms with E-state index in [9.17, 15) is 9.90 Å². The summed E-state index contributed by atoms with van der Waals surface area (Å²) in [5.74, 6) is -0.304. The smallest absolute Gasteiger partial charge is 0.330 e. The number of carbonyl (C=O) groups excluding carboxylic acids is 1. The van der Waals surface area contributed by atoms with Gasteiger partial charge in [-0.2, -0.15) is 0 Å². The summed E-state index contributed by atoms with van der Waals surface area (Å²) in [5.41, 5.74) is 1.76. The molecule has 24 heavy (non-hydrogen) atoms. The van der Waals surface area contributed by atoms with Crippen LogP contribution in [0.2, 0.25) is 0 Å². The molecule has 0 aromatic rings. The molecule has 0 aliphatic carbocycles. The van der Waals surface area contributed by atoms with Crippen LogP contribution >= 0.6 is 0 Å². The number of allylic oxidation sites excluding steroid dienone is 3. The monoisotopic (exact) mass is 340 g/mol. The molecular formula is C20H36O4. The van der Waals surface area contributed by atoms with E-state index in [1.165, 1.54) is 18.8 Å². The van der Waals surface area contributed by atoms with E-state index in [-0.39, 0.29) is 5.97 Å². The third kappa shape index (κ3) is 10.6. The standard InChI is InChI=1S/C20H36O4/c1-7-8-14-24-20(4,5)18(21)13-12-16(2)10-9-11-17(3)15-19(22)23-6/h10,15,18,21H,7-9,11-14H2,1-6H3/t18-/m1/s1. The van der Waals surface area contributed by atoms with Crippen LogP contribution in [0.25, 0.3) is 0 Å². The van der Waals surface area contributed by atoms with Crippen LogP contribution in [0.4, 0.5) is 0 Å². The molecule has 1 N–H and O–H groups in total. The Kier molecular flexibility index (Phi) is 11.7. The van der Waals surface area contributed by atoms with E-state index in [1.54, 1.807) is 0 Å². The second-order valence-corrected chi connectivity index (χ2v) is 6.96. The lowest BCUT2D eigenvalue weighted by atomic mass is 9.95. The number of hydrogen-bond donors (Lipinski definition) is 1. The SMILES string of the molecule is CCCCOC(C)(C)[C@H](O)CCC(C)=CCCC(C)=CC(=O)OC. The van der Waals surface area contributed by atoms with E-state index < -0.39 is 11.7 Å². The van der Waals surface area contributed by atoms with Gasteiger partial charge in [-0.05, 0) is 59.8 Å². The number of hydrogen-bond acceptors (Lipinski definition) is 4. The van der Waals surface area contributed by atoms with Crippen molar-refractivity contribution in [2.45, 2.75) is 84.8 Å². The molecule has 0 aliphatic heterocycles. The van der Waals surface area contributed by atoms with Crippen molar-refractivity contribution in [3.63, 3.8) is 0 Å². The molecule has 0 saturated carbocycles. The Bertz CT molecular complexity index is 421. The number of esters is 1. The number of aliphatic hydroxyl groups excluding tert-OH is 1. The molecule has 140 valence electrons. The van der Waals surface area contributed by atoms with E-state index in [1.807, 2.05) is 20.8 Å². The second-order valence-electron chi connectivity index (χ2n) is 6.96. The lowest BCUT2D eigenvalue weighted by Gasteiger charge is -2.31. The molecular weight excluding hydrogens is 304 g/mol. The van der Waals surface area contributed by atoms with Gasteiger partial charge in [0.2, 0.25) is 0 Å². The van der Waals surface area contributed by atoms with E-state index in [2.05, 4.69) is 24.7 Å². The molecule has 0 aromatic heterocycles. The molecule has 1 atom stereocenters. The topological polar surface area (TPSA) is 55.8 Å². The van der Waals surface area contributed by atoms with Gasteiger partial charge >= 0.3 is 5.97 Å². The lowest BCUT2D eigenvalue weighted by Crippen LogP contribution is -2.39. The summed E-state index contributed by atoms with van der Waals surface area (Å²) >= 11 is 0. The predicted molar refractivity (Wildman–Crippen MR) is 98.9 cm³/mol. The molecule has 0 bridgehead atoms. The van der Waals surface area contributed by atoms with Crippen LogP contribution in [0.1, 0.15) is 73.1 Å². The maximum atomic E-state index is 11.1. The molecule has 0 aromatic carbocycles. The second kappa shape index (κ2) is 12.3. The first-order chi connectivity index (χ1) is 11.2. The number of aliphatic hydroxyl groups is 1. The zero-order chi connectivity index (χ0) is 18.6. The zero-order valence-corrected chi connectivity index (χ0v) is 16.4. The Labute approximate surface area is 147 Å². The maximum absolute atomic E-state index is 11.1. The minimum atomic E-state index is -0.505. The Morgan fingerprint density at radius 1 is 1.21 bits per heavy atom. The number of unbranched alkanes of at least 4 members (excludes halogenated alkanes) is 1. The van der Waals surface area contributed by atoms with E-state index in [0.717, 1.165) is 37.7 Å². The highest BCUT2D eigenvalue weighted by Gasteiger charge is 2.28. The quantitative estimate of drug-likeness (QED) is 0.245. The summed E-state index contributed by atoms with van der Waals surface area (Å²) < 4.78 is 10.4. The van der Waals surface area contributed by atoms with Crippen molar-refractivity contribution in [2.75, 3.05) is 13.7 Å². The number of ether oxygens (including phenoxy) is 2. The first kappa shape index (κ1) is 22.9. The number of carbonyl (C=O) groups is 1. The summed E-state index contributed by atoms with van der Waals surface area (Å²) in [7, 11) is 1.38. The summed E-state index contributed by atoms with van der Waals surface area (Å²) in [6, 6.07) is 0. The van der Waals surface area contributed by atoms with Gasteiger partial charge in [0.15, 0.2) is 0 Å². The fourth-order valence-corrected chi connectivity index (χ4v) is 2.27. The Hall–Kier alpha value is -1.13. The Balaban J connectivity index is 4.20. The molecule has 0 heterocycles. The Morgan fingerprint density at radius 3 is 2.46 bits per heavy atom. The van der Waals surface area contributed by atoms with Crippen LogP contribution in [0.5, 0.6) is 0 Å². The van der Waals surface area contributed by atoms with Gasteiger partial charge < -0.3 is 14.6 Å². The van der Waals surface area contributed by atoms with Gasteiger partial charge in [-0.15, -0.1) is 0 Å². The van der Waals surface area contributed by atoms with Crippen LogP contribution in [-0.2, 0) is 14.3 Å². The number of rotatable bonds is 12. The van der Waals surface area contributed by atoms with Crippen molar-refractivity contribution < 1.29 is 19.4 Å². The highest BCUT2D eigenvalue weighted by molar-refractivity contribution is 5.82. The van der Waals surface area contributed by atoms with Crippen molar-refractivity contribution in [3.05, 3.63) is 23.3 Å². The van der Waals surface area contributed by atoms with Gasteiger partial charge in [0, 0.05) is 12.7 Å². The minimum Gasteiger partial charge on any atom is -0.466 e. The van der Waals surface area contributed by atoms with E-state index >= 15 is 0 Å². The molecule has 4 heteroatoms. The van der Waals surface area contributed by atoms with Crippen molar-refractivity contribution in [1.82, 2.24) is 0 Å². The fraction of sp³-hybridized carbons (Fsp3) is 0.750. The van der Waals surface area contributed by atoms with Crippen LogP contribution < -0.4 is 0 Å². The largest absolute Gasteiger partial charge is 0.466 e. The Morgan fingerprint density at radius 2 is 1.88 bits per heavy atom. The molecule has 0 radical (unpaired) electrons. The first-order valence-electron chi connectivity index (χ1n) is 8.95. The van der Waals surface area contributed by atoms with Gasteiger partial charge in [-0.3, -0.25) is 0 Å². The molecule has 0 spiro atoms. The molecule has 0 rings (SSSR count). The van der Waals surface area contributed by atoms with E-state index in [4.69, 9.17) is 4.74 Å². The third-order valence-corrected chi connectivity index (χ3v) is 4.18. The molecule has 0 saturated heterocycles. The van der Waals surface area contributed by atoms with E-state index in [0.29, 0.717) is 13.0 Å². The molecule has 0 aliphatic rings. The van der Waals surface area contributed by atoms with Crippen LogP contribution in [-0.4, -0.2) is 36.5 Å². The van der Waals surface area contributed by atoms with Crippen LogP contribution in [0.3, 0.4) is 0 Å². The van der Waals surface area contributed by atoms with Crippen molar-refractivity contribution in [2.24, 2.45) is 0 Å². The predicted octanol–water partition coefficient (Wildman–Crippen LogP) is 4.57. The molecule has 0 amide bonds. The average Bonchev–Trinajstić information content (AvgIpc) is 2.52. The maximum Gasteiger partial charge on any atom is 0.330 e. The molecule has 4 nitrogen and oxygen atoms in total. The van der Waals surface area contributed by atoms with Crippen LogP contribution in [0, 0.1) is 0 Å². The lowest BCUT2D eigenvalue weighted by molar-refractivity contribution is -0.134. The van der Waals surface area contributed by atoms with Crippen molar-refractivity contribution in [1.29, 1.82) is 0 Å². The fourth-order valence-electron chi connectivity index (χ4n) is 2.27. The summed E-state index contributed by atoms with van der Waals surface area (Å²) in [5, 5.41) is 10.4. The highest BCUT2D eigenvalue weighted by Crippen LogP contribution is 2.21. The minimum absolute atomic E-state index is 0.304. The van der Waals surface area contributed by atoms with Crippen LogP contribution in [0.15, 0.2) is 23.3 Å². The summed E-state index contributed by atoms with van der Waals surface area (Å²) in [6.07, 6.45) is 8.61. The molecule has 0 unspecified atom stereocenters. The first-order valence-corrected chi connectivity index (χ1v) is 8.95. The van der Waals surface area contributed by atoms with Gasteiger partial charge in [0.25, 0.3) is 0 Å². The van der Waals surface area contributed by atoms with Crippen molar-refractivity contribution in [3.8, 4) is 0 Å².